The van der Waals surface area contributed by atoms with Crippen molar-refractivity contribution in [2.24, 2.45) is 0 Å². The Morgan fingerprint density at radius 3 is 1.00 bits per heavy atom. The van der Waals surface area contributed by atoms with Gasteiger partial charge in [-0.05, 0) is 12.1 Å². The SMILES string of the molecule is O=S(=O)(O)O.c1cncnc1.c1cncnc1. The molecule has 2 rings (SSSR count). The van der Waals surface area contributed by atoms with E-state index in [9.17, 15) is 0 Å². The van der Waals surface area contributed by atoms with Crippen LogP contribution in [0.1, 0.15) is 0 Å². The molecule has 0 aliphatic heterocycles. The first-order valence-corrected chi connectivity index (χ1v) is 5.49. The predicted molar refractivity (Wildman–Crippen MR) is 58.2 cm³/mol. The topological polar surface area (TPSA) is 126 Å². The molecule has 92 valence electrons. The lowest BCUT2D eigenvalue weighted by atomic mass is 10.7. The highest BCUT2D eigenvalue weighted by Crippen LogP contribution is 1.67. The van der Waals surface area contributed by atoms with E-state index in [2.05, 4.69) is 19.9 Å². The Balaban J connectivity index is 0.000000228. The maximum absolute atomic E-state index is 8.74. The molecule has 2 N–H and O–H groups in total. The van der Waals surface area contributed by atoms with Crippen LogP contribution in [0.3, 0.4) is 0 Å². The minimum Gasteiger partial charge on any atom is -0.264 e. The highest BCUT2D eigenvalue weighted by atomic mass is 32.3. The molecule has 2 heterocycles. The highest BCUT2D eigenvalue weighted by Gasteiger charge is 1.84. The van der Waals surface area contributed by atoms with Crippen LogP contribution in [-0.2, 0) is 10.4 Å². The molecule has 0 spiro atoms. The lowest BCUT2D eigenvalue weighted by molar-refractivity contribution is 0.381. The molecule has 8 nitrogen and oxygen atoms in total. The van der Waals surface area contributed by atoms with Gasteiger partial charge in [0.25, 0.3) is 0 Å². The molecule has 0 radical (unpaired) electrons. The molecule has 17 heavy (non-hydrogen) atoms. The zero-order valence-electron chi connectivity index (χ0n) is 8.53. The van der Waals surface area contributed by atoms with Gasteiger partial charge in [-0.2, -0.15) is 8.42 Å². The van der Waals surface area contributed by atoms with Crippen molar-refractivity contribution >= 4 is 10.4 Å². The van der Waals surface area contributed by atoms with Crippen molar-refractivity contribution in [1.29, 1.82) is 0 Å². The smallest absolute Gasteiger partial charge is 0.264 e. The molecule has 0 bridgehead atoms. The Morgan fingerprint density at radius 1 is 0.706 bits per heavy atom. The summed E-state index contributed by atoms with van der Waals surface area (Å²) in [6.07, 6.45) is 9.75. The molecule has 0 aliphatic carbocycles. The molecule has 2 aromatic rings. The fourth-order valence-electron chi connectivity index (χ4n) is 0.507. The molecule has 0 aliphatic rings. The standard InChI is InChI=1S/2C4H4N2.H2O4S/c2*1-2-5-4-6-3-1;1-5(2,3)4/h2*1-4H;(H2,1,2,3,4). The van der Waals surface area contributed by atoms with E-state index in [1.54, 1.807) is 36.9 Å². The van der Waals surface area contributed by atoms with E-state index in [-0.39, 0.29) is 0 Å². The molecule has 9 heteroatoms. The summed E-state index contributed by atoms with van der Waals surface area (Å²) in [7, 11) is -4.67. The van der Waals surface area contributed by atoms with Crippen LogP contribution in [0.25, 0.3) is 0 Å². The molecule has 0 unspecified atom stereocenters. The van der Waals surface area contributed by atoms with E-state index >= 15 is 0 Å². The lowest BCUT2D eigenvalue weighted by Gasteiger charge is -1.70. The molecule has 0 saturated carbocycles. The molecule has 0 fully saturated rings. The average Bonchev–Trinajstić information content (AvgIpc) is 2.32. The van der Waals surface area contributed by atoms with Crippen LogP contribution in [0.15, 0.2) is 49.6 Å². The maximum atomic E-state index is 8.74. The molecule has 0 atom stereocenters. The van der Waals surface area contributed by atoms with Gasteiger partial charge < -0.3 is 0 Å². The summed E-state index contributed by atoms with van der Waals surface area (Å²) in [4.78, 5) is 14.7. The minimum absolute atomic E-state index is 1.50. The van der Waals surface area contributed by atoms with Crippen molar-refractivity contribution in [1.82, 2.24) is 19.9 Å². The van der Waals surface area contributed by atoms with Gasteiger partial charge >= 0.3 is 10.4 Å². The van der Waals surface area contributed by atoms with Crippen LogP contribution < -0.4 is 0 Å². The number of hydrogen-bond acceptors (Lipinski definition) is 6. The number of rotatable bonds is 0. The van der Waals surface area contributed by atoms with Crippen LogP contribution in [0.2, 0.25) is 0 Å². The monoisotopic (exact) mass is 258 g/mol. The van der Waals surface area contributed by atoms with E-state index in [1.807, 2.05) is 0 Å². The van der Waals surface area contributed by atoms with Crippen LogP contribution in [0, 0.1) is 0 Å². The van der Waals surface area contributed by atoms with Gasteiger partial charge in [0, 0.05) is 24.8 Å². The van der Waals surface area contributed by atoms with Crippen LogP contribution in [0.4, 0.5) is 0 Å². The Labute approximate surface area is 98.0 Å². The summed E-state index contributed by atoms with van der Waals surface area (Å²) < 4.78 is 31.6. The summed E-state index contributed by atoms with van der Waals surface area (Å²) in [6.45, 7) is 0. The molecular formula is C8H10N4O4S. The van der Waals surface area contributed by atoms with Gasteiger partial charge in [-0.3, -0.25) is 9.11 Å². The van der Waals surface area contributed by atoms with Crippen molar-refractivity contribution in [3.63, 3.8) is 0 Å². The van der Waals surface area contributed by atoms with Crippen LogP contribution in [0.5, 0.6) is 0 Å². The Kier molecular flexibility index (Phi) is 8.20. The number of nitrogens with zero attached hydrogens (tertiary/aromatic N) is 4. The van der Waals surface area contributed by atoms with Gasteiger partial charge in [0.15, 0.2) is 0 Å². The third-order valence-corrected chi connectivity index (χ3v) is 0.955. The van der Waals surface area contributed by atoms with Gasteiger partial charge in [-0.25, -0.2) is 19.9 Å². The van der Waals surface area contributed by atoms with Gasteiger partial charge in [0.05, 0.1) is 0 Å². The summed E-state index contributed by atoms with van der Waals surface area (Å²) in [5.74, 6) is 0. The maximum Gasteiger partial charge on any atom is 0.394 e. The first kappa shape index (κ1) is 15.0. The van der Waals surface area contributed by atoms with Gasteiger partial charge in [-0.1, -0.05) is 0 Å². The first-order valence-electron chi connectivity index (χ1n) is 4.10. The Hall–Kier alpha value is -1.97. The van der Waals surface area contributed by atoms with Crippen LogP contribution >= 0.6 is 0 Å². The second-order valence-electron chi connectivity index (χ2n) is 2.26. The third kappa shape index (κ3) is 20.2. The molecule has 0 saturated heterocycles. The second kappa shape index (κ2) is 9.27. The quantitative estimate of drug-likeness (QED) is 0.646. The van der Waals surface area contributed by atoms with Gasteiger partial charge in [-0.15, -0.1) is 0 Å². The first-order chi connectivity index (χ1) is 8.00. The van der Waals surface area contributed by atoms with E-state index in [0.717, 1.165) is 0 Å². The normalized spacial score (nSPS) is 9.06. The molecule has 0 aromatic carbocycles. The van der Waals surface area contributed by atoms with Gasteiger partial charge in [0.2, 0.25) is 0 Å². The predicted octanol–water partition coefficient (Wildman–Crippen LogP) is 0.300. The third-order valence-electron chi connectivity index (χ3n) is 0.955. The average molecular weight is 258 g/mol. The summed E-state index contributed by atoms with van der Waals surface area (Å²) >= 11 is 0. The number of hydrogen-bond donors (Lipinski definition) is 2. The Bertz CT molecular complexity index is 372. The fourth-order valence-corrected chi connectivity index (χ4v) is 0.507. The van der Waals surface area contributed by atoms with E-state index in [4.69, 9.17) is 17.5 Å². The van der Waals surface area contributed by atoms with Gasteiger partial charge in [0.1, 0.15) is 12.7 Å². The number of aromatic nitrogens is 4. The highest BCUT2D eigenvalue weighted by molar-refractivity contribution is 7.79. The molecular weight excluding hydrogens is 248 g/mol. The second-order valence-corrected chi connectivity index (χ2v) is 3.15. The zero-order chi connectivity index (χ0) is 13.0. The zero-order valence-corrected chi connectivity index (χ0v) is 9.34. The van der Waals surface area contributed by atoms with Crippen molar-refractivity contribution in [2.45, 2.75) is 0 Å². The lowest BCUT2D eigenvalue weighted by Crippen LogP contribution is -1.89. The largest absolute Gasteiger partial charge is 0.394 e. The summed E-state index contributed by atoms with van der Waals surface area (Å²) in [6, 6.07) is 3.56. The van der Waals surface area contributed by atoms with E-state index in [1.165, 1.54) is 12.7 Å². The van der Waals surface area contributed by atoms with Crippen molar-refractivity contribution in [3.05, 3.63) is 49.6 Å². The summed E-state index contributed by atoms with van der Waals surface area (Å²) in [5, 5.41) is 0. The molecule has 2 aromatic heterocycles. The molecule has 0 amide bonds. The summed E-state index contributed by atoms with van der Waals surface area (Å²) in [5.41, 5.74) is 0. The van der Waals surface area contributed by atoms with Crippen molar-refractivity contribution in [3.8, 4) is 0 Å². The van der Waals surface area contributed by atoms with Crippen molar-refractivity contribution < 1.29 is 17.5 Å². The van der Waals surface area contributed by atoms with E-state index < -0.39 is 10.4 Å². The van der Waals surface area contributed by atoms with E-state index in [0.29, 0.717) is 0 Å². The fraction of sp³-hybridized carbons (Fsp3) is 0. The van der Waals surface area contributed by atoms with Crippen molar-refractivity contribution in [2.75, 3.05) is 0 Å². The van der Waals surface area contributed by atoms with Crippen LogP contribution in [-0.4, -0.2) is 37.5 Å². The Morgan fingerprint density at radius 2 is 0.941 bits per heavy atom. The minimum atomic E-state index is -4.67.